The average molecular weight is 426 g/mol. The zero-order valence-corrected chi connectivity index (χ0v) is 17.8. The molecule has 1 saturated heterocycles. The first kappa shape index (κ1) is 22.3. The van der Waals surface area contributed by atoms with Gasteiger partial charge >= 0.3 is 0 Å². The highest BCUT2D eigenvalue weighted by atomic mass is 16.5. The van der Waals surface area contributed by atoms with Crippen LogP contribution in [0.5, 0.6) is 17.2 Å². The maximum atomic E-state index is 13.0. The molecule has 2 aromatic rings. The highest BCUT2D eigenvalue weighted by Gasteiger charge is 2.33. The topological polar surface area (TPSA) is 94.2 Å². The number of ether oxygens (including phenoxy) is 3. The number of carbonyl (C=O) groups is 3. The molecule has 0 aliphatic carbocycles. The first-order valence-electron chi connectivity index (χ1n) is 9.96. The number of hydrogen-bond donors (Lipinski definition) is 1. The van der Waals surface area contributed by atoms with Crippen LogP contribution in [0.25, 0.3) is 0 Å². The van der Waals surface area contributed by atoms with Crippen molar-refractivity contribution < 1.29 is 28.6 Å². The molecule has 31 heavy (non-hydrogen) atoms. The van der Waals surface area contributed by atoms with Gasteiger partial charge in [-0.3, -0.25) is 24.6 Å². The van der Waals surface area contributed by atoms with Crippen LogP contribution in [0, 0.1) is 0 Å². The van der Waals surface area contributed by atoms with Gasteiger partial charge in [-0.25, -0.2) is 0 Å². The Kier molecular flexibility index (Phi) is 7.25. The molecule has 0 bridgehead atoms. The predicted molar refractivity (Wildman–Crippen MR) is 114 cm³/mol. The fourth-order valence-corrected chi connectivity index (χ4v) is 3.69. The van der Waals surface area contributed by atoms with Crippen LogP contribution in [0.3, 0.4) is 0 Å². The normalized spacial score (nSPS) is 15.9. The van der Waals surface area contributed by atoms with Crippen LogP contribution in [-0.2, 0) is 4.79 Å². The quantitative estimate of drug-likeness (QED) is 0.511. The molecular formula is C23H26N2O6. The number of Topliss-reactive ketones (excluding diaryl/α,β-unsaturated/α-hetero) is 1. The second kappa shape index (κ2) is 10.1. The first-order chi connectivity index (χ1) is 15.0. The standard InChI is InChI=1S/C23H26N2O6/c1-29-19-12-16(13-20(30-2)21(19)31-3)18(26)14-25-11-7-10-17(25)23(28)24-22(27)15-8-5-4-6-9-15/h4-6,8-9,12-13,17H,7,10-11,14H2,1-3H3,(H,24,27,28)/t17-/m0/s1. The molecule has 1 N–H and O–H groups in total. The van der Waals surface area contributed by atoms with Gasteiger partial charge in [-0.05, 0) is 43.7 Å². The van der Waals surface area contributed by atoms with Crippen molar-refractivity contribution in [1.29, 1.82) is 0 Å². The molecule has 0 radical (unpaired) electrons. The maximum Gasteiger partial charge on any atom is 0.257 e. The van der Waals surface area contributed by atoms with Gasteiger partial charge in [0, 0.05) is 11.1 Å². The summed E-state index contributed by atoms with van der Waals surface area (Å²) in [6, 6.07) is 11.2. The van der Waals surface area contributed by atoms with E-state index < -0.39 is 17.9 Å². The van der Waals surface area contributed by atoms with E-state index in [9.17, 15) is 14.4 Å². The number of benzene rings is 2. The summed E-state index contributed by atoms with van der Waals surface area (Å²) in [6.45, 7) is 0.629. The van der Waals surface area contributed by atoms with Crippen molar-refractivity contribution in [3.05, 3.63) is 53.6 Å². The van der Waals surface area contributed by atoms with Gasteiger partial charge in [0.25, 0.3) is 5.91 Å². The van der Waals surface area contributed by atoms with Gasteiger partial charge in [-0.15, -0.1) is 0 Å². The van der Waals surface area contributed by atoms with Crippen LogP contribution in [0.2, 0.25) is 0 Å². The van der Waals surface area contributed by atoms with Crippen LogP contribution in [0.4, 0.5) is 0 Å². The van der Waals surface area contributed by atoms with Gasteiger partial charge in [-0.2, -0.15) is 0 Å². The molecule has 1 aliphatic rings. The largest absolute Gasteiger partial charge is 0.493 e. The van der Waals surface area contributed by atoms with Gasteiger partial charge in [0.05, 0.1) is 33.9 Å². The van der Waals surface area contributed by atoms with Gasteiger partial charge in [0.15, 0.2) is 17.3 Å². The number of ketones is 1. The predicted octanol–water partition coefficient (Wildman–Crippen LogP) is 2.32. The van der Waals surface area contributed by atoms with E-state index in [1.54, 1.807) is 47.4 Å². The minimum atomic E-state index is -0.543. The summed E-state index contributed by atoms with van der Waals surface area (Å²) >= 11 is 0. The first-order valence-corrected chi connectivity index (χ1v) is 9.96. The molecule has 1 atom stereocenters. The average Bonchev–Trinajstić information content (AvgIpc) is 3.26. The molecule has 0 unspecified atom stereocenters. The number of rotatable bonds is 8. The molecule has 0 aromatic heterocycles. The van der Waals surface area contributed by atoms with E-state index in [1.165, 1.54) is 21.3 Å². The molecule has 8 heteroatoms. The zero-order valence-electron chi connectivity index (χ0n) is 17.8. The summed E-state index contributed by atoms with van der Waals surface area (Å²) < 4.78 is 15.9. The Balaban J connectivity index is 1.71. The summed E-state index contributed by atoms with van der Waals surface area (Å²) in [5.74, 6) is 0.133. The number of likely N-dealkylation sites (tertiary alicyclic amines) is 1. The third kappa shape index (κ3) is 5.03. The smallest absolute Gasteiger partial charge is 0.257 e. The fourth-order valence-electron chi connectivity index (χ4n) is 3.69. The Morgan fingerprint density at radius 1 is 0.968 bits per heavy atom. The van der Waals surface area contributed by atoms with E-state index in [0.29, 0.717) is 41.3 Å². The Hall–Kier alpha value is -3.39. The van der Waals surface area contributed by atoms with Crippen LogP contribution >= 0.6 is 0 Å². The van der Waals surface area contributed by atoms with Crippen molar-refractivity contribution in [2.24, 2.45) is 0 Å². The van der Waals surface area contributed by atoms with Crippen molar-refractivity contribution in [3.63, 3.8) is 0 Å². The molecule has 0 spiro atoms. The third-order valence-electron chi connectivity index (χ3n) is 5.27. The summed E-state index contributed by atoms with van der Waals surface area (Å²) in [7, 11) is 4.46. The molecule has 2 amide bonds. The van der Waals surface area contributed by atoms with Gasteiger partial charge < -0.3 is 14.2 Å². The lowest BCUT2D eigenvalue weighted by Gasteiger charge is -2.23. The van der Waals surface area contributed by atoms with Crippen molar-refractivity contribution in [1.82, 2.24) is 10.2 Å². The van der Waals surface area contributed by atoms with Gasteiger partial charge in [0.1, 0.15) is 0 Å². The van der Waals surface area contributed by atoms with Crippen LogP contribution in [0.1, 0.15) is 33.6 Å². The molecule has 1 heterocycles. The number of imide groups is 1. The minimum Gasteiger partial charge on any atom is -0.493 e. The van der Waals surface area contributed by atoms with Crippen LogP contribution < -0.4 is 19.5 Å². The highest BCUT2D eigenvalue weighted by molar-refractivity contribution is 6.06. The highest BCUT2D eigenvalue weighted by Crippen LogP contribution is 2.38. The van der Waals surface area contributed by atoms with E-state index in [-0.39, 0.29) is 12.3 Å². The van der Waals surface area contributed by atoms with E-state index in [2.05, 4.69) is 5.32 Å². The monoisotopic (exact) mass is 426 g/mol. The zero-order chi connectivity index (χ0) is 22.4. The fraction of sp³-hybridized carbons (Fsp3) is 0.348. The molecule has 3 rings (SSSR count). The Bertz CT molecular complexity index is 935. The molecule has 2 aromatic carbocycles. The number of nitrogens with one attached hydrogen (secondary N) is 1. The Labute approximate surface area is 181 Å². The Morgan fingerprint density at radius 2 is 1.61 bits per heavy atom. The lowest BCUT2D eigenvalue weighted by atomic mass is 10.1. The number of amides is 2. The lowest BCUT2D eigenvalue weighted by Crippen LogP contribution is -2.46. The number of nitrogens with zero attached hydrogens (tertiary/aromatic N) is 1. The Morgan fingerprint density at radius 3 is 2.19 bits per heavy atom. The molecule has 164 valence electrons. The van der Waals surface area contributed by atoms with E-state index in [4.69, 9.17) is 14.2 Å². The molecule has 8 nitrogen and oxygen atoms in total. The van der Waals surface area contributed by atoms with Crippen molar-refractivity contribution >= 4 is 17.6 Å². The van der Waals surface area contributed by atoms with Gasteiger partial charge in [0.2, 0.25) is 11.7 Å². The second-order valence-electron chi connectivity index (χ2n) is 7.15. The maximum absolute atomic E-state index is 13.0. The summed E-state index contributed by atoms with van der Waals surface area (Å²) in [5, 5.41) is 2.45. The SMILES string of the molecule is COc1cc(C(=O)CN2CCC[C@H]2C(=O)NC(=O)c2ccccc2)cc(OC)c1OC. The van der Waals surface area contributed by atoms with Crippen LogP contribution in [0.15, 0.2) is 42.5 Å². The third-order valence-corrected chi connectivity index (χ3v) is 5.27. The molecule has 0 saturated carbocycles. The molecular weight excluding hydrogens is 400 g/mol. The van der Waals surface area contributed by atoms with E-state index in [0.717, 1.165) is 6.42 Å². The molecule has 1 aliphatic heterocycles. The van der Waals surface area contributed by atoms with Crippen molar-refractivity contribution in [2.75, 3.05) is 34.4 Å². The van der Waals surface area contributed by atoms with E-state index >= 15 is 0 Å². The van der Waals surface area contributed by atoms with Gasteiger partial charge in [-0.1, -0.05) is 18.2 Å². The second-order valence-corrected chi connectivity index (χ2v) is 7.15. The minimum absolute atomic E-state index is 0.0379. The number of carbonyl (C=O) groups excluding carboxylic acids is 3. The summed E-state index contributed by atoms with van der Waals surface area (Å²) in [4.78, 5) is 39.8. The van der Waals surface area contributed by atoms with Crippen molar-refractivity contribution in [2.45, 2.75) is 18.9 Å². The van der Waals surface area contributed by atoms with Crippen LogP contribution in [-0.4, -0.2) is 63.0 Å². The van der Waals surface area contributed by atoms with Crippen molar-refractivity contribution in [3.8, 4) is 17.2 Å². The summed E-state index contributed by atoms with van der Waals surface area (Å²) in [6.07, 6.45) is 1.34. The molecule has 1 fully saturated rings. The lowest BCUT2D eigenvalue weighted by molar-refractivity contribution is -0.124. The summed E-state index contributed by atoms with van der Waals surface area (Å²) in [5.41, 5.74) is 0.801. The number of hydrogen-bond acceptors (Lipinski definition) is 7. The number of methoxy groups -OCH3 is 3. The van der Waals surface area contributed by atoms with E-state index in [1.807, 2.05) is 0 Å².